The minimum atomic E-state index is -3.48. The maximum Gasteiger partial charge on any atom is 0.242 e. The molecule has 116 valence electrons. The molecule has 2 aromatic heterocycles. The molecule has 0 unspecified atom stereocenters. The van der Waals surface area contributed by atoms with Crippen molar-refractivity contribution in [1.82, 2.24) is 15.0 Å². The van der Waals surface area contributed by atoms with Crippen LogP contribution in [0.2, 0.25) is 0 Å². The lowest BCUT2D eigenvalue weighted by Gasteiger charge is -2.03. The zero-order valence-electron chi connectivity index (χ0n) is 11.6. The molecule has 3 N–H and O–H groups in total. The molecule has 0 fully saturated rings. The summed E-state index contributed by atoms with van der Waals surface area (Å²) in [6.45, 7) is 3.94. The summed E-state index contributed by atoms with van der Waals surface area (Å²) in [5.41, 5.74) is 0.864. The van der Waals surface area contributed by atoms with Gasteiger partial charge < -0.3 is 10.3 Å². The molecule has 0 radical (unpaired) electrons. The Labute approximate surface area is 137 Å². The molecular weight excluding hydrogens is 374 g/mol. The van der Waals surface area contributed by atoms with Crippen LogP contribution in [0, 0.1) is 0 Å². The van der Waals surface area contributed by atoms with Gasteiger partial charge in [0.1, 0.15) is 0 Å². The van der Waals surface area contributed by atoms with Crippen molar-refractivity contribution in [2.75, 3.05) is 6.54 Å². The minimum absolute atomic E-state index is 0.270. The molecule has 2 rings (SSSR count). The Bertz CT molecular complexity index is 679. The Hall–Kier alpha value is -0.670. The van der Waals surface area contributed by atoms with E-state index in [1.165, 1.54) is 17.5 Å². The Morgan fingerprint density at radius 1 is 1.33 bits per heavy atom. The molecule has 0 aliphatic rings. The second-order valence-corrected chi connectivity index (χ2v) is 8.88. The first kappa shape index (κ1) is 16.7. The molecule has 0 aliphatic heterocycles. The number of nitrogens with one attached hydrogen (secondary N) is 3. The maximum absolute atomic E-state index is 12.2. The predicted octanol–water partition coefficient (Wildman–Crippen LogP) is 2.82. The van der Waals surface area contributed by atoms with E-state index in [9.17, 15) is 8.42 Å². The quantitative estimate of drug-likeness (QED) is 0.605. The van der Waals surface area contributed by atoms with E-state index in [1.807, 2.05) is 12.1 Å². The number of halogens is 1. The predicted molar refractivity (Wildman–Crippen MR) is 88.8 cm³/mol. The molecule has 0 bridgehead atoms. The fourth-order valence-corrected chi connectivity index (χ4v) is 4.31. The molecule has 8 heteroatoms. The number of thiophene rings is 1. The number of rotatable bonds is 8. The highest BCUT2D eigenvalue weighted by Crippen LogP contribution is 2.22. The van der Waals surface area contributed by atoms with Crippen molar-refractivity contribution in [2.24, 2.45) is 0 Å². The van der Waals surface area contributed by atoms with Crippen molar-refractivity contribution >= 4 is 37.3 Å². The van der Waals surface area contributed by atoms with Crippen LogP contribution in [0.1, 0.15) is 23.9 Å². The van der Waals surface area contributed by atoms with Gasteiger partial charge in [0.25, 0.3) is 0 Å². The van der Waals surface area contributed by atoms with Gasteiger partial charge in [-0.05, 0) is 47.1 Å². The third kappa shape index (κ3) is 4.93. The Morgan fingerprint density at radius 3 is 2.81 bits per heavy atom. The van der Waals surface area contributed by atoms with Gasteiger partial charge in [-0.2, -0.15) is 0 Å². The summed E-state index contributed by atoms with van der Waals surface area (Å²) in [6, 6.07) is 5.46. The van der Waals surface area contributed by atoms with E-state index in [-0.39, 0.29) is 4.90 Å². The van der Waals surface area contributed by atoms with E-state index in [1.54, 1.807) is 6.07 Å². The van der Waals surface area contributed by atoms with Gasteiger partial charge in [0, 0.05) is 29.9 Å². The Balaban J connectivity index is 1.95. The maximum atomic E-state index is 12.2. The highest BCUT2D eigenvalue weighted by molar-refractivity contribution is 9.11. The van der Waals surface area contributed by atoms with Crippen molar-refractivity contribution < 1.29 is 8.42 Å². The third-order valence-corrected chi connectivity index (χ3v) is 5.84. The monoisotopic (exact) mass is 391 g/mol. The van der Waals surface area contributed by atoms with Gasteiger partial charge in [-0.15, -0.1) is 11.3 Å². The number of hydrogen-bond acceptors (Lipinski definition) is 4. The first-order chi connectivity index (χ1) is 10.0. The van der Waals surface area contributed by atoms with Crippen LogP contribution in [0.4, 0.5) is 0 Å². The van der Waals surface area contributed by atoms with Crippen molar-refractivity contribution in [3.63, 3.8) is 0 Å². The van der Waals surface area contributed by atoms with Gasteiger partial charge in [0.15, 0.2) is 0 Å². The summed E-state index contributed by atoms with van der Waals surface area (Å²) < 4.78 is 28.0. The zero-order valence-corrected chi connectivity index (χ0v) is 14.9. The van der Waals surface area contributed by atoms with Gasteiger partial charge >= 0.3 is 0 Å². The summed E-state index contributed by atoms with van der Waals surface area (Å²) in [4.78, 5) is 4.22. The van der Waals surface area contributed by atoms with Crippen LogP contribution in [0.5, 0.6) is 0 Å². The van der Waals surface area contributed by atoms with Gasteiger partial charge in [0.05, 0.1) is 8.68 Å². The molecule has 0 saturated heterocycles. The average molecular weight is 392 g/mol. The van der Waals surface area contributed by atoms with Crippen LogP contribution in [0.15, 0.2) is 33.1 Å². The fourth-order valence-electron chi connectivity index (χ4n) is 1.77. The van der Waals surface area contributed by atoms with E-state index in [0.717, 1.165) is 27.3 Å². The molecule has 0 aromatic carbocycles. The molecule has 21 heavy (non-hydrogen) atoms. The van der Waals surface area contributed by atoms with Crippen molar-refractivity contribution in [2.45, 2.75) is 31.3 Å². The topological polar surface area (TPSA) is 74.0 Å². The smallest absolute Gasteiger partial charge is 0.242 e. The standard InChI is InChI=1S/C13H18BrN3O2S2/c1-2-5-15-7-10-6-12(9-16-10)21(18,19)17-8-11-3-4-13(14)20-11/h3-4,6,9,15-17H,2,5,7-8H2,1H3. The van der Waals surface area contributed by atoms with E-state index >= 15 is 0 Å². The molecule has 2 heterocycles. The van der Waals surface area contributed by atoms with E-state index < -0.39 is 10.0 Å². The lowest BCUT2D eigenvalue weighted by atomic mass is 10.4. The fraction of sp³-hybridized carbons (Fsp3) is 0.385. The highest BCUT2D eigenvalue weighted by atomic mass is 79.9. The summed E-state index contributed by atoms with van der Waals surface area (Å²) in [7, 11) is -3.48. The summed E-state index contributed by atoms with van der Waals surface area (Å²) in [5, 5.41) is 3.23. The van der Waals surface area contributed by atoms with Gasteiger partial charge in [0.2, 0.25) is 10.0 Å². The van der Waals surface area contributed by atoms with Crippen LogP contribution in [-0.4, -0.2) is 19.9 Å². The first-order valence-corrected chi connectivity index (χ1v) is 9.72. The number of H-pyrrole nitrogens is 1. The van der Waals surface area contributed by atoms with Gasteiger partial charge in [-0.25, -0.2) is 13.1 Å². The molecule has 0 atom stereocenters. The molecule has 0 amide bonds. The molecule has 0 aliphatic carbocycles. The van der Waals surface area contributed by atoms with Crippen LogP contribution in [-0.2, 0) is 23.1 Å². The van der Waals surface area contributed by atoms with Gasteiger partial charge in [-0.1, -0.05) is 6.92 Å². The van der Waals surface area contributed by atoms with Crippen molar-refractivity contribution in [3.8, 4) is 0 Å². The van der Waals surface area contributed by atoms with Gasteiger partial charge in [-0.3, -0.25) is 0 Å². The van der Waals surface area contributed by atoms with Crippen LogP contribution in [0.3, 0.4) is 0 Å². The second kappa shape index (κ2) is 7.55. The molecule has 0 spiro atoms. The summed E-state index contributed by atoms with van der Waals surface area (Å²) in [6.07, 6.45) is 2.57. The Kier molecular flexibility index (Phi) is 6.00. The third-order valence-electron chi connectivity index (χ3n) is 2.83. The summed E-state index contributed by atoms with van der Waals surface area (Å²) >= 11 is 4.87. The van der Waals surface area contributed by atoms with E-state index in [0.29, 0.717) is 13.1 Å². The van der Waals surface area contributed by atoms with Crippen LogP contribution < -0.4 is 10.0 Å². The lowest BCUT2D eigenvalue weighted by molar-refractivity contribution is 0.582. The van der Waals surface area contributed by atoms with E-state index in [2.05, 4.69) is 37.9 Å². The van der Waals surface area contributed by atoms with Crippen LogP contribution in [0.25, 0.3) is 0 Å². The normalized spacial score (nSPS) is 11.9. The number of hydrogen-bond donors (Lipinski definition) is 3. The lowest BCUT2D eigenvalue weighted by Crippen LogP contribution is -2.22. The van der Waals surface area contributed by atoms with Crippen LogP contribution >= 0.6 is 27.3 Å². The van der Waals surface area contributed by atoms with Crippen molar-refractivity contribution in [1.29, 1.82) is 0 Å². The minimum Gasteiger partial charge on any atom is -0.363 e. The van der Waals surface area contributed by atoms with E-state index in [4.69, 9.17) is 0 Å². The number of sulfonamides is 1. The first-order valence-electron chi connectivity index (χ1n) is 6.63. The number of aromatic amines is 1. The highest BCUT2D eigenvalue weighted by Gasteiger charge is 2.16. The number of aromatic nitrogens is 1. The molecular formula is C13H18BrN3O2S2. The summed E-state index contributed by atoms with van der Waals surface area (Å²) in [5.74, 6) is 0. The van der Waals surface area contributed by atoms with Crippen molar-refractivity contribution in [3.05, 3.63) is 38.8 Å². The largest absolute Gasteiger partial charge is 0.363 e. The zero-order chi connectivity index (χ0) is 15.3. The average Bonchev–Trinajstić information content (AvgIpc) is 3.06. The second-order valence-electron chi connectivity index (χ2n) is 4.57. The Morgan fingerprint density at radius 2 is 2.14 bits per heavy atom. The molecule has 0 saturated carbocycles. The molecule has 5 nitrogen and oxygen atoms in total. The SMILES string of the molecule is CCCNCc1cc(S(=O)(=O)NCc2ccc(Br)s2)c[nH]1. The molecule has 2 aromatic rings.